The predicted octanol–water partition coefficient (Wildman–Crippen LogP) is 1.16. The lowest BCUT2D eigenvalue weighted by molar-refractivity contribution is 0.157. The van der Waals surface area contributed by atoms with Gasteiger partial charge in [0.15, 0.2) is 0 Å². The Morgan fingerprint density at radius 3 is 2.79 bits per heavy atom. The number of ether oxygens (including phenoxy) is 3. The van der Waals surface area contributed by atoms with Crippen LogP contribution in [-0.2, 0) is 4.74 Å². The minimum atomic E-state index is -0.327. The molecule has 0 aliphatic carbocycles. The van der Waals surface area contributed by atoms with E-state index in [0.29, 0.717) is 31.2 Å². The van der Waals surface area contributed by atoms with Gasteiger partial charge in [-0.05, 0) is 6.07 Å². The second-order valence-electron chi connectivity index (χ2n) is 4.27. The minimum absolute atomic E-state index is 0.317. The molecule has 0 saturated carbocycles. The molecular weight excluding hydrogens is 248 g/mol. The minimum Gasteiger partial charge on any atom is -0.497 e. The highest BCUT2D eigenvalue weighted by Gasteiger charge is 2.25. The first-order valence-corrected chi connectivity index (χ1v) is 6.05. The van der Waals surface area contributed by atoms with Gasteiger partial charge in [0.25, 0.3) is 0 Å². The van der Waals surface area contributed by atoms with E-state index in [1.54, 1.807) is 25.2 Å². The Labute approximate surface area is 112 Å². The van der Waals surface area contributed by atoms with Crippen LogP contribution in [0.2, 0.25) is 0 Å². The number of nitrogens with zero attached hydrogens (tertiary/aromatic N) is 1. The van der Waals surface area contributed by atoms with Crippen molar-refractivity contribution in [1.29, 1.82) is 0 Å². The number of carbonyl (C=O) groups excluding carboxylic acids is 1. The van der Waals surface area contributed by atoms with E-state index in [1.165, 1.54) is 0 Å². The molecule has 1 unspecified atom stereocenters. The van der Waals surface area contributed by atoms with Crippen molar-refractivity contribution in [3.05, 3.63) is 23.8 Å². The van der Waals surface area contributed by atoms with Crippen LogP contribution in [0.15, 0.2) is 18.2 Å². The Hall–Kier alpha value is -1.95. The summed E-state index contributed by atoms with van der Waals surface area (Å²) in [7, 11) is 3.17. The van der Waals surface area contributed by atoms with Gasteiger partial charge in [-0.1, -0.05) is 6.07 Å². The first-order chi connectivity index (χ1) is 9.15. The second-order valence-corrected chi connectivity index (χ2v) is 4.27. The van der Waals surface area contributed by atoms with E-state index >= 15 is 0 Å². The van der Waals surface area contributed by atoms with E-state index in [9.17, 15) is 4.79 Å². The summed E-state index contributed by atoms with van der Waals surface area (Å²) in [6.07, 6.45) is -0.317. The van der Waals surface area contributed by atoms with E-state index in [1.807, 2.05) is 12.1 Å². The molecule has 1 amide bonds. The Bertz CT molecular complexity index is 464. The van der Waals surface area contributed by atoms with E-state index in [2.05, 4.69) is 0 Å². The maximum atomic E-state index is 11.4. The summed E-state index contributed by atoms with van der Waals surface area (Å²) in [4.78, 5) is 13.0. The SMILES string of the molecule is COc1ccc(C(N)CN2CCOC2=O)c(OC)c1. The molecule has 19 heavy (non-hydrogen) atoms. The Balaban J connectivity index is 2.13. The van der Waals surface area contributed by atoms with E-state index in [-0.39, 0.29) is 12.1 Å². The quantitative estimate of drug-likeness (QED) is 0.865. The highest BCUT2D eigenvalue weighted by atomic mass is 16.6. The Morgan fingerprint density at radius 2 is 2.21 bits per heavy atom. The molecule has 1 aliphatic rings. The van der Waals surface area contributed by atoms with Crippen LogP contribution in [-0.4, -0.2) is 44.9 Å². The fourth-order valence-electron chi connectivity index (χ4n) is 2.05. The summed E-state index contributed by atoms with van der Waals surface area (Å²) in [5.74, 6) is 1.35. The molecule has 1 aromatic carbocycles. The molecule has 0 spiro atoms. The van der Waals surface area contributed by atoms with Crippen molar-refractivity contribution in [2.24, 2.45) is 5.73 Å². The first kappa shape index (κ1) is 13.5. The van der Waals surface area contributed by atoms with Crippen LogP contribution < -0.4 is 15.2 Å². The molecule has 0 radical (unpaired) electrons. The third-order valence-electron chi connectivity index (χ3n) is 3.10. The molecule has 1 saturated heterocycles. The third-order valence-corrected chi connectivity index (χ3v) is 3.10. The maximum Gasteiger partial charge on any atom is 0.410 e. The molecule has 1 atom stereocenters. The predicted molar refractivity (Wildman–Crippen MR) is 69.4 cm³/mol. The summed E-state index contributed by atoms with van der Waals surface area (Å²) in [6, 6.07) is 5.12. The van der Waals surface area contributed by atoms with Crippen molar-refractivity contribution in [2.75, 3.05) is 33.9 Å². The lowest BCUT2D eigenvalue weighted by atomic mass is 10.1. The maximum absolute atomic E-state index is 11.4. The van der Waals surface area contributed by atoms with Gasteiger partial charge in [-0.25, -0.2) is 4.79 Å². The lowest BCUT2D eigenvalue weighted by Gasteiger charge is -2.20. The van der Waals surface area contributed by atoms with Gasteiger partial charge >= 0.3 is 6.09 Å². The summed E-state index contributed by atoms with van der Waals surface area (Å²) in [5, 5.41) is 0. The van der Waals surface area contributed by atoms with Gasteiger partial charge in [-0.3, -0.25) is 0 Å². The highest BCUT2D eigenvalue weighted by Crippen LogP contribution is 2.29. The van der Waals surface area contributed by atoms with Gasteiger partial charge < -0.3 is 24.8 Å². The number of hydrogen-bond donors (Lipinski definition) is 1. The van der Waals surface area contributed by atoms with E-state index in [0.717, 1.165) is 5.56 Å². The lowest BCUT2D eigenvalue weighted by Crippen LogP contribution is -2.33. The van der Waals surface area contributed by atoms with Crippen molar-refractivity contribution in [1.82, 2.24) is 4.90 Å². The molecular formula is C13H18N2O4. The van der Waals surface area contributed by atoms with Crippen LogP contribution in [0.4, 0.5) is 4.79 Å². The van der Waals surface area contributed by atoms with Crippen molar-refractivity contribution in [2.45, 2.75) is 6.04 Å². The molecule has 1 aliphatic heterocycles. The smallest absolute Gasteiger partial charge is 0.410 e. The fraction of sp³-hybridized carbons (Fsp3) is 0.462. The number of cyclic esters (lactones) is 1. The van der Waals surface area contributed by atoms with Crippen LogP contribution >= 0.6 is 0 Å². The van der Waals surface area contributed by atoms with Gasteiger partial charge in [0.05, 0.1) is 26.8 Å². The number of methoxy groups -OCH3 is 2. The number of carbonyl (C=O) groups is 1. The molecule has 2 rings (SSSR count). The average Bonchev–Trinajstić information content (AvgIpc) is 2.83. The van der Waals surface area contributed by atoms with E-state index in [4.69, 9.17) is 19.9 Å². The second kappa shape index (κ2) is 5.79. The average molecular weight is 266 g/mol. The molecule has 104 valence electrons. The largest absolute Gasteiger partial charge is 0.497 e. The zero-order chi connectivity index (χ0) is 13.8. The third kappa shape index (κ3) is 2.90. The van der Waals surface area contributed by atoms with Crippen LogP contribution in [0.25, 0.3) is 0 Å². The fourth-order valence-corrected chi connectivity index (χ4v) is 2.05. The highest BCUT2D eigenvalue weighted by molar-refractivity contribution is 5.69. The van der Waals surface area contributed by atoms with Crippen molar-refractivity contribution >= 4 is 6.09 Å². The number of rotatable bonds is 5. The molecule has 1 fully saturated rings. The molecule has 6 heteroatoms. The zero-order valence-corrected chi connectivity index (χ0v) is 11.1. The number of hydrogen-bond acceptors (Lipinski definition) is 5. The first-order valence-electron chi connectivity index (χ1n) is 6.05. The molecule has 0 aromatic heterocycles. The van der Waals surface area contributed by atoms with Gasteiger partial charge in [0.2, 0.25) is 0 Å². The molecule has 2 N–H and O–H groups in total. The number of benzene rings is 1. The van der Waals surface area contributed by atoms with Crippen LogP contribution in [0.3, 0.4) is 0 Å². The Morgan fingerprint density at radius 1 is 1.42 bits per heavy atom. The Kier molecular flexibility index (Phi) is 4.11. The molecule has 1 heterocycles. The number of amides is 1. The van der Waals surface area contributed by atoms with Crippen molar-refractivity contribution < 1.29 is 19.0 Å². The molecule has 1 aromatic rings. The van der Waals surface area contributed by atoms with Crippen LogP contribution in [0.1, 0.15) is 11.6 Å². The summed E-state index contributed by atoms with van der Waals surface area (Å²) < 4.78 is 15.3. The van der Waals surface area contributed by atoms with Gasteiger partial charge in [0.1, 0.15) is 18.1 Å². The van der Waals surface area contributed by atoms with Crippen molar-refractivity contribution in [3.8, 4) is 11.5 Å². The zero-order valence-electron chi connectivity index (χ0n) is 11.1. The summed E-state index contributed by atoms with van der Waals surface area (Å²) in [6.45, 7) is 1.40. The van der Waals surface area contributed by atoms with Gasteiger partial charge in [0, 0.05) is 18.2 Å². The summed E-state index contributed by atoms with van der Waals surface area (Å²) in [5.41, 5.74) is 6.97. The standard InChI is InChI=1S/C13H18N2O4/c1-17-9-3-4-10(12(7-9)18-2)11(14)8-15-5-6-19-13(15)16/h3-4,7,11H,5-6,8,14H2,1-2H3. The topological polar surface area (TPSA) is 74.0 Å². The van der Waals surface area contributed by atoms with Crippen LogP contribution in [0.5, 0.6) is 11.5 Å². The van der Waals surface area contributed by atoms with E-state index < -0.39 is 0 Å². The normalized spacial score (nSPS) is 16.2. The van der Waals surface area contributed by atoms with Crippen molar-refractivity contribution in [3.63, 3.8) is 0 Å². The van der Waals surface area contributed by atoms with Gasteiger partial charge in [-0.15, -0.1) is 0 Å². The number of nitrogens with two attached hydrogens (primary N) is 1. The molecule has 6 nitrogen and oxygen atoms in total. The monoisotopic (exact) mass is 266 g/mol. The molecule has 0 bridgehead atoms. The summed E-state index contributed by atoms with van der Waals surface area (Å²) >= 11 is 0. The van der Waals surface area contributed by atoms with Crippen LogP contribution in [0, 0.1) is 0 Å². The van der Waals surface area contributed by atoms with Gasteiger partial charge in [-0.2, -0.15) is 0 Å².